The number of anilines is 1. The number of amides is 2. The SMILES string of the molecule is COc1cc(O)c(C=NCc2ccccc2)c(OCC(=O)Nc2cc(C3CC[C@@H](OC(=O)NC(C)C)C3)[nH]n2)c1. The minimum atomic E-state index is -0.425. The number of benzene rings is 2. The van der Waals surface area contributed by atoms with Crippen LogP contribution in [-0.4, -0.2) is 59.4 Å². The predicted octanol–water partition coefficient (Wildman–Crippen LogP) is 4.53. The van der Waals surface area contributed by atoms with Gasteiger partial charge in [0.2, 0.25) is 0 Å². The van der Waals surface area contributed by atoms with Crippen LogP contribution in [0.2, 0.25) is 0 Å². The standard InChI is InChI=1S/C29H35N5O6/c1-18(2)31-29(37)40-21-10-9-20(11-21)24-14-27(34-33-24)32-28(36)17-39-26-13-22(38-3)12-25(35)23(26)16-30-15-19-7-5-4-6-8-19/h4-8,12-14,16,18,20-21,35H,9-11,15,17H2,1-3H3,(H,31,37)(H2,32,33,34,36)/t20?,21-/m1/s1. The van der Waals surface area contributed by atoms with Gasteiger partial charge in [-0.3, -0.25) is 14.9 Å². The highest BCUT2D eigenvalue weighted by atomic mass is 16.6. The second kappa shape index (κ2) is 13.5. The number of hydrogen-bond acceptors (Lipinski definition) is 8. The van der Waals surface area contributed by atoms with Gasteiger partial charge in [-0.05, 0) is 38.7 Å². The van der Waals surface area contributed by atoms with Crippen LogP contribution < -0.4 is 20.1 Å². The van der Waals surface area contributed by atoms with Crippen LogP contribution in [0.3, 0.4) is 0 Å². The van der Waals surface area contributed by atoms with Crippen molar-refractivity contribution >= 4 is 24.0 Å². The third kappa shape index (κ3) is 7.98. The van der Waals surface area contributed by atoms with Crippen LogP contribution in [0.4, 0.5) is 10.6 Å². The van der Waals surface area contributed by atoms with Crippen molar-refractivity contribution in [1.29, 1.82) is 0 Å². The molecule has 1 saturated carbocycles. The first-order chi connectivity index (χ1) is 19.3. The Morgan fingerprint density at radius 1 is 1.20 bits per heavy atom. The molecule has 40 heavy (non-hydrogen) atoms. The van der Waals surface area contributed by atoms with E-state index < -0.39 is 12.0 Å². The third-order valence-electron chi connectivity index (χ3n) is 6.40. The van der Waals surface area contributed by atoms with Gasteiger partial charge in [-0.1, -0.05) is 30.3 Å². The Morgan fingerprint density at radius 3 is 2.75 bits per heavy atom. The number of aromatic nitrogens is 2. The van der Waals surface area contributed by atoms with E-state index in [4.69, 9.17) is 14.2 Å². The van der Waals surface area contributed by atoms with Gasteiger partial charge in [0.25, 0.3) is 5.91 Å². The maximum atomic E-state index is 12.6. The number of methoxy groups -OCH3 is 1. The van der Waals surface area contributed by atoms with E-state index in [9.17, 15) is 14.7 Å². The number of nitrogens with one attached hydrogen (secondary N) is 3. The maximum Gasteiger partial charge on any atom is 0.407 e. The number of H-pyrrole nitrogens is 1. The number of carbonyl (C=O) groups excluding carboxylic acids is 2. The van der Waals surface area contributed by atoms with Crippen LogP contribution in [0.15, 0.2) is 53.5 Å². The number of alkyl carbamates (subject to hydrolysis) is 1. The average molecular weight is 550 g/mol. The molecule has 2 aromatic carbocycles. The van der Waals surface area contributed by atoms with Crippen molar-refractivity contribution in [2.24, 2.45) is 4.99 Å². The zero-order valence-corrected chi connectivity index (χ0v) is 22.8. The van der Waals surface area contributed by atoms with Crippen LogP contribution >= 0.6 is 0 Å². The number of aromatic hydroxyl groups is 1. The molecule has 2 atom stereocenters. The lowest BCUT2D eigenvalue weighted by molar-refractivity contribution is -0.118. The Kier molecular flexibility index (Phi) is 9.61. The first kappa shape index (κ1) is 28.5. The number of carbonyl (C=O) groups is 2. The Balaban J connectivity index is 1.32. The Labute approximate surface area is 232 Å². The summed E-state index contributed by atoms with van der Waals surface area (Å²) in [4.78, 5) is 28.9. The van der Waals surface area contributed by atoms with E-state index in [1.165, 1.54) is 19.4 Å². The number of phenolic OH excluding ortho intramolecular Hbond substituents is 1. The van der Waals surface area contributed by atoms with Gasteiger partial charge >= 0.3 is 6.09 Å². The van der Waals surface area contributed by atoms with Crippen molar-refractivity contribution in [2.75, 3.05) is 19.0 Å². The van der Waals surface area contributed by atoms with E-state index in [0.29, 0.717) is 30.1 Å². The molecule has 1 unspecified atom stereocenters. The van der Waals surface area contributed by atoms with Gasteiger partial charge in [0.05, 0.1) is 19.2 Å². The van der Waals surface area contributed by atoms with Crippen molar-refractivity contribution in [1.82, 2.24) is 15.5 Å². The van der Waals surface area contributed by atoms with Gasteiger partial charge in [-0.25, -0.2) is 4.79 Å². The fourth-order valence-electron chi connectivity index (χ4n) is 4.46. The summed E-state index contributed by atoms with van der Waals surface area (Å²) in [5.74, 6) is 0.637. The molecule has 1 aliphatic rings. The third-order valence-corrected chi connectivity index (χ3v) is 6.40. The Morgan fingerprint density at radius 2 is 2.00 bits per heavy atom. The number of ether oxygens (including phenoxy) is 3. The fraction of sp³-hybridized carbons (Fsp3) is 0.379. The maximum absolute atomic E-state index is 12.6. The molecule has 0 spiro atoms. The molecule has 0 bridgehead atoms. The lowest BCUT2D eigenvalue weighted by Gasteiger charge is -2.14. The van der Waals surface area contributed by atoms with Crippen LogP contribution in [0.25, 0.3) is 0 Å². The number of rotatable bonds is 11. The molecule has 11 heteroatoms. The lowest BCUT2D eigenvalue weighted by atomic mass is 10.0. The van der Waals surface area contributed by atoms with Gasteiger partial charge < -0.3 is 30.0 Å². The number of nitrogens with zero attached hydrogens (tertiary/aromatic N) is 2. The summed E-state index contributed by atoms with van der Waals surface area (Å²) in [6.45, 7) is 3.86. The van der Waals surface area contributed by atoms with Crippen LogP contribution in [0, 0.1) is 0 Å². The smallest absolute Gasteiger partial charge is 0.407 e. The summed E-state index contributed by atoms with van der Waals surface area (Å²) in [7, 11) is 1.47. The molecular formula is C29H35N5O6. The molecule has 4 N–H and O–H groups in total. The first-order valence-corrected chi connectivity index (χ1v) is 13.2. The van der Waals surface area contributed by atoms with Crippen molar-refractivity contribution in [3.05, 3.63) is 65.4 Å². The van der Waals surface area contributed by atoms with Gasteiger partial charge in [0.1, 0.15) is 23.4 Å². The van der Waals surface area contributed by atoms with E-state index >= 15 is 0 Å². The topological polar surface area (TPSA) is 147 Å². The monoisotopic (exact) mass is 549 g/mol. The number of aromatic amines is 1. The van der Waals surface area contributed by atoms with Crippen molar-refractivity contribution in [3.8, 4) is 17.2 Å². The highest BCUT2D eigenvalue weighted by Gasteiger charge is 2.30. The molecular weight excluding hydrogens is 514 g/mol. The second-order valence-corrected chi connectivity index (χ2v) is 9.90. The molecule has 2 amide bonds. The predicted molar refractivity (Wildman–Crippen MR) is 150 cm³/mol. The largest absolute Gasteiger partial charge is 0.507 e. The number of phenols is 1. The van der Waals surface area contributed by atoms with Crippen LogP contribution in [0.5, 0.6) is 17.2 Å². The second-order valence-electron chi connectivity index (χ2n) is 9.90. The Hall–Kier alpha value is -4.54. The van der Waals surface area contributed by atoms with Gasteiger partial charge in [0.15, 0.2) is 12.4 Å². The number of aliphatic imine (C=N–C) groups is 1. The van der Waals surface area contributed by atoms with Crippen molar-refractivity contribution < 1.29 is 28.9 Å². The minimum Gasteiger partial charge on any atom is -0.507 e. The van der Waals surface area contributed by atoms with E-state index in [0.717, 1.165) is 24.1 Å². The summed E-state index contributed by atoms with van der Waals surface area (Å²) >= 11 is 0. The van der Waals surface area contributed by atoms with Gasteiger partial charge in [-0.2, -0.15) is 5.10 Å². The highest BCUT2D eigenvalue weighted by molar-refractivity contribution is 5.92. The molecule has 1 aromatic heterocycles. The van der Waals surface area contributed by atoms with Crippen molar-refractivity contribution in [2.45, 2.75) is 57.7 Å². The van der Waals surface area contributed by atoms with Crippen molar-refractivity contribution in [3.63, 3.8) is 0 Å². The minimum absolute atomic E-state index is 0.0152. The first-order valence-electron chi connectivity index (χ1n) is 13.2. The van der Waals surface area contributed by atoms with Gasteiger partial charge in [-0.15, -0.1) is 0 Å². The van der Waals surface area contributed by atoms with Crippen LogP contribution in [-0.2, 0) is 16.1 Å². The fourth-order valence-corrected chi connectivity index (χ4v) is 4.46. The molecule has 1 aliphatic carbocycles. The van der Waals surface area contributed by atoms with Gasteiger partial charge in [0, 0.05) is 42.1 Å². The molecule has 212 valence electrons. The van der Waals surface area contributed by atoms with E-state index in [2.05, 4.69) is 25.8 Å². The average Bonchev–Trinajstić information content (AvgIpc) is 3.58. The molecule has 4 rings (SSSR count). The Bertz CT molecular complexity index is 1320. The molecule has 0 saturated heterocycles. The zero-order chi connectivity index (χ0) is 28.5. The molecule has 0 aliphatic heterocycles. The zero-order valence-electron chi connectivity index (χ0n) is 22.8. The molecule has 11 nitrogen and oxygen atoms in total. The molecule has 0 radical (unpaired) electrons. The van der Waals surface area contributed by atoms with E-state index in [1.807, 2.05) is 44.2 Å². The lowest BCUT2D eigenvalue weighted by Crippen LogP contribution is -2.33. The summed E-state index contributed by atoms with van der Waals surface area (Å²) in [5.41, 5.74) is 2.22. The van der Waals surface area contributed by atoms with Crippen LogP contribution in [0.1, 0.15) is 55.8 Å². The number of hydrogen-bond donors (Lipinski definition) is 4. The summed E-state index contributed by atoms with van der Waals surface area (Å²) in [5, 5.41) is 23.1. The molecule has 1 fully saturated rings. The quantitative estimate of drug-likeness (QED) is 0.257. The summed E-state index contributed by atoms with van der Waals surface area (Å²) in [6.07, 6.45) is 3.22. The highest BCUT2D eigenvalue weighted by Crippen LogP contribution is 2.36. The van der Waals surface area contributed by atoms with E-state index in [1.54, 1.807) is 12.1 Å². The summed E-state index contributed by atoms with van der Waals surface area (Å²) < 4.78 is 16.5. The molecule has 1 heterocycles. The summed E-state index contributed by atoms with van der Waals surface area (Å²) in [6, 6.07) is 14.5. The molecule has 3 aromatic rings. The normalized spacial score (nSPS) is 16.7. The van der Waals surface area contributed by atoms with E-state index in [-0.39, 0.29) is 36.2 Å².